The summed E-state index contributed by atoms with van der Waals surface area (Å²) >= 11 is 0. The lowest BCUT2D eigenvalue weighted by Crippen LogP contribution is -2.16. The van der Waals surface area contributed by atoms with E-state index in [0.29, 0.717) is 11.3 Å². The summed E-state index contributed by atoms with van der Waals surface area (Å²) in [6, 6.07) is 3.21. The first-order chi connectivity index (χ1) is 10.1. The van der Waals surface area contributed by atoms with Crippen molar-refractivity contribution in [2.75, 3.05) is 17.2 Å². The van der Waals surface area contributed by atoms with Gasteiger partial charge in [-0.25, -0.2) is 4.39 Å². The Kier molecular flexibility index (Phi) is 4.81. The average molecular weight is 288 g/mol. The standard InChI is InChI=1S/C15H17FN4O/c1-3-5-18-14-7-10(2)19-8-11(14)15(21)20-13-4-6-17-9-12(13)16/h4,6-9H,3,5H2,1-2H3,(H,18,19)(H,17,20,21). The van der Waals surface area contributed by atoms with E-state index in [1.165, 1.54) is 18.5 Å². The lowest BCUT2D eigenvalue weighted by atomic mass is 10.2. The van der Waals surface area contributed by atoms with Gasteiger partial charge in [-0.2, -0.15) is 0 Å². The third-order valence-corrected chi connectivity index (χ3v) is 2.87. The second-order valence-electron chi connectivity index (χ2n) is 4.61. The lowest BCUT2D eigenvalue weighted by molar-refractivity contribution is 0.102. The Balaban J connectivity index is 2.24. The molecule has 0 saturated heterocycles. The average Bonchev–Trinajstić information content (AvgIpc) is 2.47. The zero-order chi connectivity index (χ0) is 15.2. The van der Waals surface area contributed by atoms with Gasteiger partial charge in [-0.3, -0.25) is 14.8 Å². The van der Waals surface area contributed by atoms with Gasteiger partial charge in [-0.05, 0) is 25.5 Å². The van der Waals surface area contributed by atoms with Gasteiger partial charge in [0, 0.05) is 24.6 Å². The SMILES string of the molecule is CCCNc1cc(C)ncc1C(=O)Nc1ccncc1F. The van der Waals surface area contributed by atoms with Crippen LogP contribution in [0.1, 0.15) is 29.4 Å². The first-order valence-corrected chi connectivity index (χ1v) is 6.73. The van der Waals surface area contributed by atoms with Crippen LogP contribution in [0.2, 0.25) is 0 Å². The molecule has 0 atom stereocenters. The highest BCUT2D eigenvalue weighted by atomic mass is 19.1. The van der Waals surface area contributed by atoms with Crippen LogP contribution in [0.5, 0.6) is 0 Å². The monoisotopic (exact) mass is 288 g/mol. The highest BCUT2D eigenvalue weighted by molar-refractivity contribution is 6.07. The first-order valence-electron chi connectivity index (χ1n) is 6.73. The fourth-order valence-corrected chi connectivity index (χ4v) is 1.81. The zero-order valence-corrected chi connectivity index (χ0v) is 12.0. The number of aryl methyl sites for hydroxylation is 1. The number of aromatic nitrogens is 2. The van der Waals surface area contributed by atoms with Crippen LogP contribution < -0.4 is 10.6 Å². The Bertz CT molecular complexity index is 645. The van der Waals surface area contributed by atoms with Crippen LogP contribution in [0.15, 0.2) is 30.7 Å². The summed E-state index contributed by atoms with van der Waals surface area (Å²) in [4.78, 5) is 20.1. The van der Waals surface area contributed by atoms with Gasteiger partial charge in [-0.15, -0.1) is 0 Å². The Hall–Kier alpha value is -2.50. The summed E-state index contributed by atoms with van der Waals surface area (Å²) < 4.78 is 13.5. The normalized spacial score (nSPS) is 10.2. The van der Waals surface area contributed by atoms with E-state index in [2.05, 4.69) is 20.6 Å². The summed E-state index contributed by atoms with van der Waals surface area (Å²) in [6.07, 6.45) is 4.89. The molecule has 2 heterocycles. The molecule has 0 fully saturated rings. The van der Waals surface area contributed by atoms with Gasteiger partial charge in [0.2, 0.25) is 0 Å². The fraction of sp³-hybridized carbons (Fsp3) is 0.267. The molecule has 0 aromatic carbocycles. The largest absolute Gasteiger partial charge is 0.384 e. The topological polar surface area (TPSA) is 66.9 Å². The Morgan fingerprint density at radius 3 is 2.86 bits per heavy atom. The minimum Gasteiger partial charge on any atom is -0.384 e. The van der Waals surface area contributed by atoms with Crippen molar-refractivity contribution < 1.29 is 9.18 Å². The molecular formula is C15H17FN4O. The van der Waals surface area contributed by atoms with Crippen molar-refractivity contribution in [1.82, 2.24) is 9.97 Å². The quantitative estimate of drug-likeness (QED) is 0.887. The number of hydrogen-bond donors (Lipinski definition) is 2. The number of rotatable bonds is 5. The molecule has 2 rings (SSSR count). The number of carbonyl (C=O) groups excluding carboxylic acids is 1. The van der Waals surface area contributed by atoms with Crippen LogP contribution in [-0.2, 0) is 0 Å². The molecule has 0 bridgehead atoms. The molecule has 0 aliphatic rings. The number of anilines is 2. The van der Waals surface area contributed by atoms with E-state index in [4.69, 9.17) is 0 Å². The number of halogens is 1. The maximum absolute atomic E-state index is 13.5. The zero-order valence-electron chi connectivity index (χ0n) is 12.0. The second-order valence-corrected chi connectivity index (χ2v) is 4.61. The van der Waals surface area contributed by atoms with E-state index in [-0.39, 0.29) is 5.69 Å². The maximum atomic E-state index is 13.5. The van der Waals surface area contributed by atoms with Gasteiger partial charge < -0.3 is 10.6 Å². The van der Waals surface area contributed by atoms with Crippen LogP contribution >= 0.6 is 0 Å². The molecule has 110 valence electrons. The molecule has 0 aliphatic carbocycles. The summed E-state index contributed by atoms with van der Waals surface area (Å²) in [5, 5.41) is 5.71. The highest BCUT2D eigenvalue weighted by Crippen LogP contribution is 2.19. The molecule has 6 heteroatoms. The minimum atomic E-state index is -0.575. The molecule has 0 radical (unpaired) electrons. The molecule has 2 aromatic heterocycles. The van der Waals surface area contributed by atoms with Crippen molar-refractivity contribution in [3.05, 3.63) is 47.8 Å². The van der Waals surface area contributed by atoms with Crippen molar-refractivity contribution in [2.24, 2.45) is 0 Å². The molecule has 0 aliphatic heterocycles. The molecule has 1 amide bonds. The van der Waals surface area contributed by atoms with Gasteiger partial charge in [0.1, 0.15) is 0 Å². The van der Waals surface area contributed by atoms with Crippen LogP contribution in [-0.4, -0.2) is 22.4 Å². The third kappa shape index (κ3) is 3.75. The van der Waals surface area contributed by atoms with Crippen LogP contribution in [0.25, 0.3) is 0 Å². The molecule has 0 unspecified atom stereocenters. The third-order valence-electron chi connectivity index (χ3n) is 2.87. The van der Waals surface area contributed by atoms with Gasteiger partial charge in [-0.1, -0.05) is 6.92 Å². The van der Waals surface area contributed by atoms with Crippen molar-refractivity contribution in [2.45, 2.75) is 20.3 Å². The molecule has 5 nitrogen and oxygen atoms in total. The van der Waals surface area contributed by atoms with Gasteiger partial charge in [0.15, 0.2) is 5.82 Å². The summed E-state index contributed by atoms with van der Waals surface area (Å²) in [5.74, 6) is -0.986. The van der Waals surface area contributed by atoms with E-state index >= 15 is 0 Å². The summed E-state index contributed by atoms with van der Waals surface area (Å²) in [7, 11) is 0. The predicted octanol–water partition coefficient (Wildman–Crippen LogP) is 3.00. The number of nitrogens with one attached hydrogen (secondary N) is 2. The Labute approximate surface area is 122 Å². The smallest absolute Gasteiger partial charge is 0.259 e. The van der Waals surface area contributed by atoms with Crippen LogP contribution in [0.4, 0.5) is 15.8 Å². The van der Waals surface area contributed by atoms with E-state index in [1.807, 2.05) is 13.8 Å². The van der Waals surface area contributed by atoms with E-state index < -0.39 is 11.7 Å². The molecule has 2 aromatic rings. The Morgan fingerprint density at radius 1 is 1.33 bits per heavy atom. The summed E-state index contributed by atoms with van der Waals surface area (Å²) in [5.41, 5.74) is 1.97. The van der Waals surface area contributed by atoms with Gasteiger partial charge >= 0.3 is 0 Å². The molecule has 0 spiro atoms. The number of hydrogen-bond acceptors (Lipinski definition) is 4. The first kappa shape index (κ1) is 14.9. The van der Waals surface area contributed by atoms with E-state index in [0.717, 1.165) is 24.9 Å². The number of carbonyl (C=O) groups is 1. The summed E-state index contributed by atoms with van der Waals surface area (Å²) in [6.45, 7) is 4.63. The molecular weight excluding hydrogens is 271 g/mol. The predicted molar refractivity (Wildman–Crippen MR) is 79.9 cm³/mol. The van der Waals surface area contributed by atoms with Crippen molar-refractivity contribution in [3.63, 3.8) is 0 Å². The van der Waals surface area contributed by atoms with Crippen molar-refractivity contribution >= 4 is 17.3 Å². The van der Waals surface area contributed by atoms with E-state index in [9.17, 15) is 9.18 Å². The maximum Gasteiger partial charge on any atom is 0.259 e. The fourth-order valence-electron chi connectivity index (χ4n) is 1.81. The molecule has 2 N–H and O–H groups in total. The highest BCUT2D eigenvalue weighted by Gasteiger charge is 2.14. The number of pyridine rings is 2. The lowest BCUT2D eigenvalue weighted by Gasteiger charge is -2.12. The van der Waals surface area contributed by atoms with Crippen molar-refractivity contribution in [1.29, 1.82) is 0 Å². The van der Waals surface area contributed by atoms with E-state index in [1.54, 1.807) is 6.07 Å². The van der Waals surface area contributed by atoms with Gasteiger partial charge in [0.05, 0.1) is 23.1 Å². The second kappa shape index (κ2) is 6.78. The number of nitrogens with zero attached hydrogens (tertiary/aromatic N) is 2. The van der Waals surface area contributed by atoms with Crippen LogP contribution in [0, 0.1) is 12.7 Å². The van der Waals surface area contributed by atoms with Crippen LogP contribution in [0.3, 0.4) is 0 Å². The number of amides is 1. The van der Waals surface area contributed by atoms with Gasteiger partial charge in [0.25, 0.3) is 5.91 Å². The van der Waals surface area contributed by atoms with Crippen molar-refractivity contribution in [3.8, 4) is 0 Å². The Morgan fingerprint density at radius 2 is 2.14 bits per heavy atom. The molecule has 21 heavy (non-hydrogen) atoms. The molecule has 0 saturated carbocycles. The minimum absolute atomic E-state index is 0.0945.